The van der Waals surface area contributed by atoms with Crippen molar-refractivity contribution in [3.63, 3.8) is 0 Å². The van der Waals surface area contributed by atoms with Crippen LogP contribution in [0.4, 0.5) is 5.69 Å². The predicted molar refractivity (Wildman–Crippen MR) is 88.2 cm³/mol. The summed E-state index contributed by atoms with van der Waals surface area (Å²) in [5.74, 6) is -0.152. The number of benzene rings is 1. The zero-order chi connectivity index (χ0) is 18.5. The number of nitrogens with zero attached hydrogens (tertiary/aromatic N) is 2. The summed E-state index contributed by atoms with van der Waals surface area (Å²) in [5.41, 5.74) is 0.832. The normalized spacial score (nSPS) is 17.1. The Bertz CT molecular complexity index is 719. The predicted octanol–water partition coefficient (Wildman–Crippen LogP) is 1.91. The van der Waals surface area contributed by atoms with Gasteiger partial charge in [0.25, 0.3) is 5.69 Å². The minimum atomic E-state index is -0.549. The molecule has 9 heteroatoms. The number of hydrogen-bond acceptors (Lipinski definition) is 7. The van der Waals surface area contributed by atoms with Gasteiger partial charge in [0.2, 0.25) is 5.91 Å². The quantitative estimate of drug-likeness (QED) is 0.446. The number of rotatable bonds is 5. The lowest BCUT2D eigenvalue weighted by atomic mass is 10.1. The van der Waals surface area contributed by atoms with Crippen molar-refractivity contribution in [2.24, 2.45) is 0 Å². The van der Waals surface area contributed by atoms with Gasteiger partial charge in [-0.3, -0.25) is 19.7 Å². The molecule has 3 rings (SSSR count). The highest BCUT2D eigenvalue weighted by molar-refractivity contribution is 5.82. The van der Waals surface area contributed by atoms with E-state index in [1.807, 2.05) is 0 Å². The topological polar surface area (TPSA) is 108 Å². The van der Waals surface area contributed by atoms with Crippen molar-refractivity contribution in [1.29, 1.82) is 0 Å². The van der Waals surface area contributed by atoms with E-state index >= 15 is 0 Å². The maximum Gasteiger partial charge on any atom is 0.325 e. The Hall–Kier alpha value is -2.68. The number of amides is 1. The number of fused-ring (bicyclic) bond motifs is 1. The van der Waals surface area contributed by atoms with E-state index in [2.05, 4.69) is 0 Å². The largest absolute Gasteiger partial charge is 0.467 e. The number of carbonyl (C=O) groups excluding carboxylic acids is 2. The molecule has 1 amide bonds. The number of nitro benzene ring substituents is 1. The number of esters is 1. The molecular formula is C17H20N2O7. The van der Waals surface area contributed by atoms with Gasteiger partial charge in [-0.05, 0) is 12.8 Å². The Labute approximate surface area is 150 Å². The lowest BCUT2D eigenvalue weighted by Gasteiger charge is -2.21. The van der Waals surface area contributed by atoms with Crippen molar-refractivity contribution in [3.8, 4) is 5.75 Å². The lowest BCUT2D eigenvalue weighted by molar-refractivity contribution is -0.385. The number of nitro groups is 1. The number of non-ortho nitro benzene ring substituents is 1. The summed E-state index contributed by atoms with van der Waals surface area (Å²) in [6.07, 6.45) is 3.12. The standard InChI is InChI=1S/C17H20N2O7/c20-15-4-2-1-3-5-18(15)8-16(21)25-10-13-7-14(19(22)23)6-12-9-24-11-26-17(12)13/h6-7H,1-5,8-11H2. The van der Waals surface area contributed by atoms with Crippen molar-refractivity contribution >= 4 is 17.6 Å². The number of carbonyl (C=O) groups is 2. The Kier molecular flexibility index (Phi) is 5.67. The van der Waals surface area contributed by atoms with E-state index in [1.165, 1.54) is 17.0 Å². The molecule has 0 unspecified atom stereocenters. The van der Waals surface area contributed by atoms with Gasteiger partial charge < -0.3 is 19.1 Å². The van der Waals surface area contributed by atoms with Gasteiger partial charge in [0.1, 0.15) is 18.9 Å². The van der Waals surface area contributed by atoms with Crippen LogP contribution < -0.4 is 4.74 Å². The molecule has 0 saturated carbocycles. The smallest absolute Gasteiger partial charge is 0.325 e. The molecular weight excluding hydrogens is 344 g/mol. The molecule has 0 atom stereocenters. The summed E-state index contributed by atoms with van der Waals surface area (Å²) < 4.78 is 15.8. The number of likely N-dealkylation sites (tertiary alicyclic amines) is 1. The van der Waals surface area contributed by atoms with Gasteiger partial charge >= 0.3 is 5.97 Å². The van der Waals surface area contributed by atoms with E-state index < -0.39 is 10.9 Å². The molecule has 26 heavy (non-hydrogen) atoms. The van der Waals surface area contributed by atoms with E-state index in [9.17, 15) is 19.7 Å². The second-order valence-corrected chi connectivity index (χ2v) is 6.25. The fourth-order valence-electron chi connectivity index (χ4n) is 3.06. The van der Waals surface area contributed by atoms with Crippen LogP contribution in [0.1, 0.15) is 36.8 Å². The van der Waals surface area contributed by atoms with Gasteiger partial charge in [-0.25, -0.2) is 0 Å². The Morgan fingerprint density at radius 3 is 2.96 bits per heavy atom. The molecule has 2 heterocycles. The minimum absolute atomic E-state index is 0.0358. The summed E-state index contributed by atoms with van der Waals surface area (Å²) in [6, 6.07) is 2.71. The van der Waals surface area contributed by atoms with Crippen LogP contribution in [0.25, 0.3) is 0 Å². The highest BCUT2D eigenvalue weighted by Gasteiger charge is 2.23. The monoisotopic (exact) mass is 364 g/mol. The molecule has 9 nitrogen and oxygen atoms in total. The summed E-state index contributed by atoms with van der Waals surface area (Å²) >= 11 is 0. The van der Waals surface area contributed by atoms with Crippen LogP contribution in [0, 0.1) is 10.1 Å². The third kappa shape index (κ3) is 4.29. The van der Waals surface area contributed by atoms with Gasteiger partial charge in [0, 0.05) is 36.2 Å². The van der Waals surface area contributed by atoms with Crippen LogP contribution in [0.15, 0.2) is 12.1 Å². The molecule has 1 saturated heterocycles. The third-order valence-electron chi connectivity index (χ3n) is 4.36. The average Bonchev–Trinajstić information content (AvgIpc) is 2.84. The van der Waals surface area contributed by atoms with Crippen LogP contribution in [-0.2, 0) is 32.3 Å². The van der Waals surface area contributed by atoms with Gasteiger partial charge in [-0.2, -0.15) is 0 Å². The first-order chi connectivity index (χ1) is 12.5. The van der Waals surface area contributed by atoms with Crippen molar-refractivity contribution < 1.29 is 28.7 Å². The van der Waals surface area contributed by atoms with Crippen LogP contribution in [-0.4, -0.2) is 41.6 Å². The van der Waals surface area contributed by atoms with Crippen molar-refractivity contribution in [3.05, 3.63) is 33.4 Å². The highest BCUT2D eigenvalue weighted by Crippen LogP contribution is 2.33. The van der Waals surface area contributed by atoms with Crippen molar-refractivity contribution in [2.75, 3.05) is 19.9 Å². The molecule has 140 valence electrons. The molecule has 0 radical (unpaired) electrons. The van der Waals surface area contributed by atoms with E-state index in [0.717, 1.165) is 19.3 Å². The zero-order valence-corrected chi connectivity index (χ0v) is 14.3. The molecule has 1 aromatic rings. The molecule has 0 aliphatic carbocycles. The van der Waals surface area contributed by atoms with E-state index in [4.69, 9.17) is 14.2 Å². The first-order valence-corrected chi connectivity index (χ1v) is 8.48. The van der Waals surface area contributed by atoms with Gasteiger partial charge in [0.15, 0.2) is 6.79 Å². The molecule has 1 fully saturated rings. The molecule has 1 aromatic carbocycles. The van der Waals surface area contributed by atoms with Crippen LogP contribution >= 0.6 is 0 Å². The zero-order valence-electron chi connectivity index (χ0n) is 14.3. The van der Waals surface area contributed by atoms with Gasteiger partial charge in [-0.1, -0.05) is 6.42 Å². The lowest BCUT2D eigenvalue weighted by Crippen LogP contribution is -2.35. The van der Waals surface area contributed by atoms with Gasteiger partial charge in [0.05, 0.1) is 11.5 Å². The third-order valence-corrected chi connectivity index (χ3v) is 4.36. The number of ether oxygens (including phenoxy) is 3. The van der Waals surface area contributed by atoms with Crippen LogP contribution in [0.2, 0.25) is 0 Å². The second-order valence-electron chi connectivity index (χ2n) is 6.25. The van der Waals surface area contributed by atoms with Crippen molar-refractivity contribution in [1.82, 2.24) is 4.90 Å². The highest BCUT2D eigenvalue weighted by atomic mass is 16.7. The van der Waals surface area contributed by atoms with Crippen LogP contribution in [0.5, 0.6) is 5.75 Å². The molecule has 0 aromatic heterocycles. The average molecular weight is 364 g/mol. The molecule has 0 bridgehead atoms. The molecule has 0 N–H and O–H groups in total. The maximum absolute atomic E-state index is 12.1. The fraction of sp³-hybridized carbons (Fsp3) is 0.529. The summed E-state index contributed by atoms with van der Waals surface area (Å²) in [5, 5.41) is 11.1. The van der Waals surface area contributed by atoms with Gasteiger partial charge in [-0.15, -0.1) is 0 Å². The Balaban J connectivity index is 1.66. The number of hydrogen-bond donors (Lipinski definition) is 0. The van der Waals surface area contributed by atoms with Crippen molar-refractivity contribution in [2.45, 2.75) is 38.9 Å². The maximum atomic E-state index is 12.1. The molecule has 2 aliphatic rings. The summed E-state index contributed by atoms with van der Waals surface area (Å²) in [7, 11) is 0. The Morgan fingerprint density at radius 2 is 2.15 bits per heavy atom. The minimum Gasteiger partial charge on any atom is -0.467 e. The molecule has 2 aliphatic heterocycles. The first kappa shape index (κ1) is 18.1. The summed E-state index contributed by atoms with van der Waals surface area (Å²) in [4.78, 5) is 36.1. The Morgan fingerprint density at radius 1 is 1.31 bits per heavy atom. The van der Waals surface area contributed by atoms with E-state index in [0.29, 0.717) is 29.8 Å². The van der Waals surface area contributed by atoms with E-state index in [1.54, 1.807) is 0 Å². The first-order valence-electron chi connectivity index (χ1n) is 8.48. The molecule has 0 spiro atoms. The van der Waals surface area contributed by atoms with E-state index in [-0.39, 0.29) is 38.1 Å². The fourth-order valence-corrected chi connectivity index (χ4v) is 3.06. The second kappa shape index (κ2) is 8.13. The SMILES string of the molecule is O=C(CN1CCCCCC1=O)OCc1cc([N+](=O)[O-])cc2c1OCOC2. The van der Waals surface area contributed by atoms with Crippen LogP contribution in [0.3, 0.4) is 0 Å². The summed E-state index contributed by atoms with van der Waals surface area (Å²) in [6.45, 7) is 0.500.